The van der Waals surface area contributed by atoms with Crippen molar-refractivity contribution in [3.8, 4) is 0 Å². The van der Waals surface area contributed by atoms with E-state index < -0.39 is 5.44 Å². The summed E-state index contributed by atoms with van der Waals surface area (Å²) in [5.74, 6) is 0.724. The van der Waals surface area contributed by atoms with E-state index in [-0.39, 0.29) is 5.60 Å². The number of ether oxygens (including phenoxy) is 1. The van der Waals surface area contributed by atoms with Crippen LogP contribution in [0.5, 0.6) is 0 Å². The van der Waals surface area contributed by atoms with Gasteiger partial charge in [-0.3, -0.25) is 0 Å². The summed E-state index contributed by atoms with van der Waals surface area (Å²) in [5.41, 5.74) is 5.01. The second-order valence-electron chi connectivity index (χ2n) is 5.80. The van der Waals surface area contributed by atoms with Gasteiger partial charge in [0.2, 0.25) is 0 Å². The van der Waals surface area contributed by atoms with Crippen LogP contribution < -0.4 is 5.73 Å². The molecule has 0 aliphatic rings. The zero-order valence-electron chi connectivity index (χ0n) is 11.0. The van der Waals surface area contributed by atoms with Gasteiger partial charge in [0, 0.05) is 6.61 Å². The minimum Gasteiger partial charge on any atom is -0.376 e. The first-order valence-electron chi connectivity index (χ1n) is 5.84. The summed E-state index contributed by atoms with van der Waals surface area (Å²) >= 11 is 0. The van der Waals surface area contributed by atoms with E-state index in [1.807, 2.05) is 6.92 Å². The second kappa shape index (κ2) is 5.90. The number of rotatable bonds is 7. The first-order chi connectivity index (χ1) is 6.62. The highest BCUT2D eigenvalue weighted by molar-refractivity contribution is 6.14. The van der Waals surface area contributed by atoms with Crippen molar-refractivity contribution in [2.75, 3.05) is 6.61 Å². The standard InChI is InChI=1S/C12H26BNO/c1-10(2)6-7-11(3,4)15-9-8-12(5,13)14/h10H,6-9,14H2,1-5H3. The van der Waals surface area contributed by atoms with Gasteiger partial charge >= 0.3 is 0 Å². The minimum absolute atomic E-state index is 0.0600. The lowest BCUT2D eigenvalue weighted by Gasteiger charge is -2.28. The Hall–Kier alpha value is -0.0151. The van der Waals surface area contributed by atoms with E-state index in [4.69, 9.17) is 18.3 Å². The van der Waals surface area contributed by atoms with Crippen LogP contribution in [-0.2, 0) is 4.74 Å². The third kappa shape index (κ3) is 10.3. The highest BCUT2D eigenvalue weighted by Gasteiger charge is 2.20. The Morgan fingerprint density at radius 2 is 1.73 bits per heavy atom. The van der Waals surface area contributed by atoms with Gasteiger partial charge in [0.05, 0.1) is 13.4 Å². The lowest BCUT2D eigenvalue weighted by Crippen LogP contribution is -2.39. The van der Waals surface area contributed by atoms with Crippen molar-refractivity contribution in [2.45, 2.75) is 64.9 Å². The maximum absolute atomic E-state index is 5.80. The molecule has 0 aliphatic heterocycles. The Morgan fingerprint density at radius 1 is 1.20 bits per heavy atom. The monoisotopic (exact) mass is 211 g/mol. The molecule has 2 nitrogen and oxygen atoms in total. The summed E-state index contributed by atoms with van der Waals surface area (Å²) < 4.78 is 5.80. The maximum atomic E-state index is 5.80. The van der Waals surface area contributed by atoms with Crippen molar-refractivity contribution < 1.29 is 4.74 Å². The molecule has 0 heterocycles. The van der Waals surface area contributed by atoms with Crippen LogP contribution >= 0.6 is 0 Å². The molecular weight excluding hydrogens is 185 g/mol. The van der Waals surface area contributed by atoms with Gasteiger partial charge in [-0.05, 0) is 44.5 Å². The van der Waals surface area contributed by atoms with Crippen LogP contribution in [0.25, 0.3) is 0 Å². The van der Waals surface area contributed by atoms with Crippen molar-refractivity contribution in [1.82, 2.24) is 0 Å². The Bertz CT molecular complexity index is 173. The normalized spacial score (nSPS) is 16.7. The fourth-order valence-electron chi connectivity index (χ4n) is 1.26. The fourth-order valence-corrected chi connectivity index (χ4v) is 1.26. The Labute approximate surface area is 96.4 Å². The van der Waals surface area contributed by atoms with Crippen LogP contribution in [0.1, 0.15) is 53.9 Å². The third-order valence-corrected chi connectivity index (χ3v) is 2.46. The number of hydrogen-bond donors (Lipinski definition) is 1. The van der Waals surface area contributed by atoms with E-state index >= 15 is 0 Å². The van der Waals surface area contributed by atoms with Crippen LogP contribution in [0, 0.1) is 5.92 Å². The molecule has 0 rings (SSSR count). The molecule has 0 saturated heterocycles. The van der Waals surface area contributed by atoms with Crippen LogP contribution in [-0.4, -0.2) is 25.5 Å². The van der Waals surface area contributed by atoms with E-state index in [9.17, 15) is 0 Å². The molecule has 88 valence electrons. The van der Waals surface area contributed by atoms with E-state index in [1.54, 1.807) is 0 Å². The average molecular weight is 211 g/mol. The molecule has 2 radical (unpaired) electrons. The van der Waals surface area contributed by atoms with Gasteiger partial charge in [-0.15, -0.1) is 0 Å². The second-order valence-corrected chi connectivity index (χ2v) is 5.80. The molecular formula is C12H26BNO. The summed E-state index contributed by atoms with van der Waals surface area (Å²) in [6, 6.07) is 0. The molecule has 0 fully saturated rings. The molecule has 0 aromatic rings. The largest absolute Gasteiger partial charge is 0.376 e. The van der Waals surface area contributed by atoms with E-state index in [0.29, 0.717) is 13.0 Å². The zero-order chi connectivity index (χ0) is 12.1. The van der Waals surface area contributed by atoms with Crippen molar-refractivity contribution in [2.24, 2.45) is 11.7 Å². The summed E-state index contributed by atoms with van der Waals surface area (Å²) in [5, 5.41) is 0. The molecule has 0 spiro atoms. The van der Waals surface area contributed by atoms with Gasteiger partial charge < -0.3 is 10.5 Å². The molecule has 15 heavy (non-hydrogen) atoms. The molecule has 0 aliphatic carbocycles. The van der Waals surface area contributed by atoms with Gasteiger partial charge in [-0.25, -0.2) is 0 Å². The molecule has 0 bridgehead atoms. The van der Waals surface area contributed by atoms with Crippen molar-refractivity contribution >= 4 is 7.85 Å². The molecule has 0 saturated carbocycles. The van der Waals surface area contributed by atoms with Crippen molar-refractivity contribution in [1.29, 1.82) is 0 Å². The zero-order valence-corrected chi connectivity index (χ0v) is 11.0. The van der Waals surface area contributed by atoms with E-state index in [0.717, 1.165) is 12.3 Å². The summed E-state index contributed by atoms with van der Waals surface area (Å²) in [7, 11) is 5.68. The lowest BCUT2D eigenvalue weighted by molar-refractivity contribution is -0.0300. The Morgan fingerprint density at radius 3 is 2.13 bits per heavy atom. The number of hydrogen-bond acceptors (Lipinski definition) is 2. The Kier molecular flexibility index (Phi) is 5.90. The smallest absolute Gasteiger partial charge is 0.0947 e. The highest BCUT2D eigenvalue weighted by Crippen LogP contribution is 2.20. The van der Waals surface area contributed by atoms with E-state index in [2.05, 4.69) is 27.7 Å². The molecule has 0 aromatic heterocycles. The summed E-state index contributed by atoms with van der Waals surface area (Å²) in [6.07, 6.45) is 2.96. The maximum Gasteiger partial charge on any atom is 0.0947 e. The van der Waals surface area contributed by atoms with Gasteiger partial charge in [0.15, 0.2) is 0 Å². The molecule has 1 atom stereocenters. The van der Waals surface area contributed by atoms with Crippen molar-refractivity contribution in [3.63, 3.8) is 0 Å². The van der Waals surface area contributed by atoms with Gasteiger partial charge in [-0.2, -0.15) is 0 Å². The van der Waals surface area contributed by atoms with E-state index in [1.165, 1.54) is 6.42 Å². The number of nitrogens with two attached hydrogens (primary N) is 1. The SMILES string of the molecule is [B]C(C)(N)CCOC(C)(C)CCC(C)C. The predicted octanol–water partition coefficient (Wildman–Crippen LogP) is 2.45. The first kappa shape index (κ1) is 15.0. The molecule has 1 unspecified atom stereocenters. The molecule has 2 N–H and O–H groups in total. The van der Waals surface area contributed by atoms with Crippen LogP contribution in [0.2, 0.25) is 0 Å². The van der Waals surface area contributed by atoms with Crippen LogP contribution in [0.4, 0.5) is 0 Å². The fraction of sp³-hybridized carbons (Fsp3) is 1.00. The minimum atomic E-state index is -0.617. The predicted molar refractivity (Wildman–Crippen MR) is 67.1 cm³/mol. The first-order valence-corrected chi connectivity index (χ1v) is 5.84. The Balaban J connectivity index is 3.74. The topological polar surface area (TPSA) is 35.2 Å². The lowest BCUT2D eigenvalue weighted by atomic mass is 9.78. The van der Waals surface area contributed by atoms with Gasteiger partial charge in [-0.1, -0.05) is 20.8 Å². The van der Waals surface area contributed by atoms with Crippen LogP contribution in [0.3, 0.4) is 0 Å². The van der Waals surface area contributed by atoms with Crippen molar-refractivity contribution in [3.05, 3.63) is 0 Å². The average Bonchev–Trinajstić information content (AvgIpc) is 1.98. The van der Waals surface area contributed by atoms with Gasteiger partial charge in [0.1, 0.15) is 0 Å². The van der Waals surface area contributed by atoms with Crippen LogP contribution in [0.15, 0.2) is 0 Å². The third-order valence-electron chi connectivity index (χ3n) is 2.46. The molecule has 0 aromatic carbocycles. The van der Waals surface area contributed by atoms with Gasteiger partial charge in [0.25, 0.3) is 0 Å². The quantitative estimate of drug-likeness (QED) is 0.656. The molecule has 3 heteroatoms. The molecule has 0 amide bonds. The highest BCUT2D eigenvalue weighted by atomic mass is 16.5. The summed E-state index contributed by atoms with van der Waals surface area (Å²) in [4.78, 5) is 0. The summed E-state index contributed by atoms with van der Waals surface area (Å²) in [6.45, 7) is 11.2.